The van der Waals surface area contributed by atoms with Crippen molar-refractivity contribution in [3.63, 3.8) is 0 Å². The Labute approximate surface area is 263 Å². The Morgan fingerprint density at radius 3 is 1.80 bits per heavy atom. The second kappa shape index (κ2) is 9.62. The van der Waals surface area contributed by atoms with Gasteiger partial charge in [-0.25, -0.2) is 0 Å². The van der Waals surface area contributed by atoms with Gasteiger partial charge in [-0.3, -0.25) is 0 Å². The van der Waals surface area contributed by atoms with Crippen LogP contribution in [-0.2, 0) is 0 Å². The number of nitrogens with zero attached hydrogens (tertiary/aromatic N) is 2. The van der Waals surface area contributed by atoms with Crippen molar-refractivity contribution in [3.05, 3.63) is 158 Å². The van der Waals surface area contributed by atoms with Crippen molar-refractivity contribution in [2.24, 2.45) is 0 Å². The van der Waals surface area contributed by atoms with Gasteiger partial charge in [0.25, 0.3) is 0 Å². The molecule has 0 aliphatic carbocycles. The zero-order chi connectivity index (χ0) is 30.2. The van der Waals surface area contributed by atoms with Gasteiger partial charge in [0.2, 0.25) is 0 Å². The van der Waals surface area contributed by atoms with Crippen LogP contribution in [0.15, 0.2) is 167 Å². The predicted octanol–water partition coefficient (Wildman–Crippen LogP) is 12.1. The Morgan fingerprint density at radius 1 is 0.391 bits per heavy atom. The van der Waals surface area contributed by atoms with E-state index in [-0.39, 0.29) is 0 Å². The summed E-state index contributed by atoms with van der Waals surface area (Å²) in [4.78, 5) is 2.38. The van der Waals surface area contributed by atoms with Gasteiger partial charge >= 0.3 is 0 Å². The highest BCUT2D eigenvalue weighted by Crippen LogP contribution is 2.50. The Hall–Kier alpha value is -6.26. The van der Waals surface area contributed by atoms with Gasteiger partial charge in [-0.15, -0.1) is 0 Å². The predicted molar refractivity (Wildman–Crippen MR) is 190 cm³/mol. The third-order valence-electron chi connectivity index (χ3n) is 9.15. The van der Waals surface area contributed by atoms with Gasteiger partial charge in [-0.1, -0.05) is 91.0 Å². The molecule has 0 atom stereocenters. The van der Waals surface area contributed by atoms with Crippen molar-refractivity contribution in [2.75, 3.05) is 4.90 Å². The third-order valence-corrected chi connectivity index (χ3v) is 9.15. The summed E-state index contributed by atoms with van der Waals surface area (Å²) in [6.07, 6.45) is 0. The van der Waals surface area contributed by atoms with Crippen molar-refractivity contribution < 1.29 is 8.83 Å². The number of hydrogen-bond acceptors (Lipinski definition) is 3. The molecule has 0 spiro atoms. The second-order valence-corrected chi connectivity index (χ2v) is 11.7. The highest BCUT2D eigenvalue weighted by atomic mass is 16.3. The highest BCUT2D eigenvalue weighted by molar-refractivity contribution is 6.28. The van der Waals surface area contributed by atoms with E-state index in [4.69, 9.17) is 8.83 Å². The largest absolute Gasteiger partial charge is 0.456 e. The zero-order valence-electron chi connectivity index (χ0n) is 24.7. The van der Waals surface area contributed by atoms with E-state index >= 15 is 0 Å². The number of para-hydroxylation sites is 5. The SMILES string of the molecule is c1ccc(N(c2ccc3c(c2)oc2ccccc23)c2c3c(cc4c2c2ccccc2n4-c2ccccc2)oc2ccccc23)cc1. The van der Waals surface area contributed by atoms with Crippen LogP contribution in [0.2, 0.25) is 0 Å². The smallest absolute Gasteiger partial charge is 0.139 e. The number of hydrogen-bond donors (Lipinski definition) is 0. The van der Waals surface area contributed by atoms with E-state index in [9.17, 15) is 0 Å². The van der Waals surface area contributed by atoms with Crippen LogP contribution >= 0.6 is 0 Å². The van der Waals surface area contributed by atoms with E-state index in [0.717, 1.165) is 83.0 Å². The molecule has 10 aromatic rings. The lowest BCUT2D eigenvalue weighted by molar-refractivity contribution is 0.669. The van der Waals surface area contributed by atoms with E-state index in [1.54, 1.807) is 0 Å². The van der Waals surface area contributed by atoms with Crippen molar-refractivity contribution in [3.8, 4) is 5.69 Å². The van der Waals surface area contributed by atoms with Gasteiger partial charge in [0.05, 0.1) is 22.1 Å². The molecule has 3 heterocycles. The molecular formula is C42H26N2O2. The number of anilines is 3. The molecule has 3 aromatic heterocycles. The molecule has 0 bridgehead atoms. The van der Waals surface area contributed by atoms with Crippen LogP contribution < -0.4 is 4.90 Å². The maximum atomic E-state index is 6.66. The van der Waals surface area contributed by atoms with Gasteiger partial charge < -0.3 is 18.3 Å². The monoisotopic (exact) mass is 590 g/mol. The van der Waals surface area contributed by atoms with Gasteiger partial charge in [0.15, 0.2) is 0 Å². The van der Waals surface area contributed by atoms with Crippen molar-refractivity contribution in [2.45, 2.75) is 0 Å². The lowest BCUT2D eigenvalue weighted by Gasteiger charge is -2.27. The molecule has 10 rings (SSSR count). The minimum atomic E-state index is 0.842. The quantitative estimate of drug-likeness (QED) is 0.204. The standard InChI is InChI=1S/C42H26N2O2/c1-3-13-27(14-4-1)43(29-23-24-31-30-17-8-11-21-36(30)45-38(31)25-29)42-40-32-18-7-10-20-34(32)44(28-15-5-2-6-16-28)35(40)26-39-41(42)33-19-9-12-22-37(33)46-39/h1-26H. The Bertz CT molecular complexity index is 2750. The van der Waals surface area contributed by atoms with Crippen LogP contribution in [0.3, 0.4) is 0 Å². The van der Waals surface area contributed by atoms with Crippen molar-refractivity contribution in [1.29, 1.82) is 0 Å². The van der Waals surface area contributed by atoms with E-state index in [1.807, 2.05) is 18.2 Å². The maximum Gasteiger partial charge on any atom is 0.139 e. The van der Waals surface area contributed by atoms with Crippen molar-refractivity contribution in [1.82, 2.24) is 4.57 Å². The van der Waals surface area contributed by atoms with Crippen LogP contribution in [-0.4, -0.2) is 4.57 Å². The molecule has 0 saturated heterocycles. The molecule has 46 heavy (non-hydrogen) atoms. The minimum absolute atomic E-state index is 0.842. The first kappa shape index (κ1) is 25.1. The normalized spacial score (nSPS) is 11.9. The molecule has 0 aliphatic heterocycles. The van der Waals surface area contributed by atoms with Gasteiger partial charge in [-0.05, 0) is 54.6 Å². The fourth-order valence-electron chi connectivity index (χ4n) is 7.22. The summed E-state index contributed by atoms with van der Waals surface area (Å²) in [5, 5.41) is 6.71. The summed E-state index contributed by atoms with van der Waals surface area (Å²) in [5.41, 5.74) is 9.90. The van der Waals surface area contributed by atoms with Gasteiger partial charge in [0.1, 0.15) is 22.3 Å². The first-order valence-corrected chi connectivity index (χ1v) is 15.5. The molecule has 0 fully saturated rings. The molecule has 0 amide bonds. The summed E-state index contributed by atoms with van der Waals surface area (Å²) < 4.78 is 15.4. The number of fused-ring (bicyclic) bond motifs is 9. The number of rotatable bonds is 4. The molecule has 0 saturated carbocycles. The average molecular weight is 591 g/mol. The molecule has 0 unspecified atom stereocenters. The molecule has 216 valence electrons. The number of benzene rings is 7. The van der Waals surface area contributed by atoms with Crippen LogP contribution in [0.5, 0.6) is 0 Å². The van der Waals surface area contributed by atoms with E-state index < -0.39 is 0 Å². The highest BCUT2D eigenvalue weighted by Gasteiger charge is 2.27. The fraction of sp³-hybridized carbons (Fsp3) is 0. The van der Waals surface area contributed by atoms with Crippen LogP contribution in [0.4, 0.5) is 17.1 Å². The van der Waals surface area contributed by atoms with Crippen LogP contribution in [0.25, 0.3) is 71.4 Å². The molecule has 7 aromatic carbocycles. The minimum Gasteiger partial charge on any atom is -0.456 e. The summed E-state index contributed by atoms with van der Waals surface area (Å²) in [6.45, 7) is 0. The Balaban J connectivity index is 1.41. The summed E-state index contributed by atoms with van der Waals surface area (Å²) in [5.74, 6) is 0. The summed E-state index contributed by atoms with van der Waals surface area (Å²) in [7, 11) is 0. The summed E-state index contributed by atoms with van der Waals surface area (Å²) >= 11 is 0. The van der Waals surface area contributed by atoms with E-state index in [2.05, 4.69) is 149 Å². The van der Waals surface area contributed by atoms with E-state index in [1.165, 1.54) is 5.39 Å². The second-order valence-electron chi connectivity index (χ2n) is 11.7. The molecule has 0 radical (unpaired) electrons. The number of furan rings is 2. The molecular weight excluding hydrogens is 564 g/mol. The fourth-order valence-corrected chi connectivity index (χ4v) is 7.22. The zero-order valence-corrected chi connectivity index (χ0v) is 24.7. The van der Waals surface area contributed by atoms with Gasteiger partial charge in [0, 0.05) is 56.1 Å². The van der Waals surface area contributed by atoms with Crippen LogP contribution in [0, 0.1) is 0 Å². The topological polar surface area (TPSA) is 34.5 Å². The number of aromatic nitrogens is 1. The average Bonchev–Trinajstić information content (AvgIpc) is 3.78. The molecule has 4 heteroatoms. The summed E-state index contributed by atoms with van der Waals surface area (Å²) in [6, 6.07) is 55.2. The third kappa shape index (κ3) is 3.55. The van der Waals surface area contributed by atoms with Crippen LogP contribution in [0.1, 0.15) is 0 Å². The Kier molecular flexibility index (Phi) is 5.25. The van der Waals surface area contributed by atoms with E-state index in [0.29, 0.717) is 0 Å². The first-order valence-electron chi connectivity index (χ1n) is 15.5. The van der Waals surface area contributed by atoms with Gasteiger partial charge in [-0.2, -0.15) is 0 Å². The van der Waals surface area contributed by atoms with Crippen molar-refractivity contribution >= 4 is 82.7 Å². The maximum absolute atomic E-state index is 6.66. The molecule has 0 aliphatic rings. The Morgan fingerprint density at radius 2 is 1.00 bits per heavy atom. The lowest BCUT2D eigenvalue weighted by atomic mass is 10.0. The molecule has 4 nitrogen and oxygen atoms in total. The lowest BCUT2D eigenvalue weighted by Crippen LogP contribution is -2.11. The first-order chi connectivity index (χ1) is 22.8. The molecule has 0 N–H and O–H groups in total.